The van der Waals surface area contributed by atoms with Crippen LogP contribution in [-0.4, -0.2) is 31.0 Å². The van der Waals surface area contributed by atoms with Gasteiger partial charge in [-0.05, 0) is 38.3 Å². The Balaban J connectivity index is 1.81. The number of nitrogens with zero attached hydrogens (tertiary/aromatic N) is 5. The molecule has 0 aliphatic rings. The van der Waals surface area contributed by atoms with Crippen LogP contribution in [0.15, 0.2) is 36.9 Å². The molecule has 0 bridgehead atoms. The molecular weight excluding hydrogens is 310 g/mol. The predicted octanol–water partition coefficient (Wildman–Crippen LogP) is 3.61. The van der Waals surface area contributed by atoms with Gasteiger partial charge in [0.05, 0.1) is 35.5 Å². The SMILES string of the molecule is C=Cc1nc(CN(C)Cc2nc3ccccc3n2C)n(C)c1/C=C\C. The van der Waals surface area contributed by atoms with Crippen LogP contribution in [0.3, 0.4) is 0 Å². The van der Waals surface area contributed by atoms with Gasteiger partial charge in [0.15, 0.2) is 0 Å². The fraction of sp³-hybridized carbons (Fsp3) is 0.300. The van der Waals surface area contributed by atoms with Gasteiger partial charge in [-0.3, -0.25) is 4.90 Å². The summed E-state index contributed by atoms with van der Waals surface area (Å²) in [5.74, 6) is 2.07. The van der Waals surface area contributed by atoms with Crippen molar-refractivity contribution in [1.29, 1.82) is 0 Å². The molecule has 3 aromatic rings. The zero-order valence-electron chi connectivity index (χ0n) is 15.4. The zero-order chi connectivity index (χ0) is 18.0. The normalized spacial score (nSPS) is 11.9. The van der Waals surface area contributed by atoms with E-state index in [9.17, 15) is 0 Å². The van der Waals surface area contributed by atoms with Crippen molar-refractivity contribution in [2.24, 2.45) is 14.1 Å². The average Bonchev–Trinajstić information content (AvgIpc) is 3.07. The van der Waals surface area contributed by atoms with Crippen molar-refractivity contribution in [3.63, 3.8) is 0 Å². The molecule has 0 amide bonds. The van der Waals surface area contributed by atoms with Crippen molar-refractivity contribution < 1.29 is 0 Å². The van der Waals surface area contributed by atoms with E-state index in [1.165, 1.54) is 0 Å². The largest absolute Gasteiger partial charge is 0.330 e. The van der Waals surface area contributed by atoms with Crippen LogP contribution in [0.5, 0.6) is 0 Å². The number of rotatable bonds is 6. The maximum absolute atomic E-state index is 4.75. The molecular formula is C20H25N5. The standard InChI is InChI=1S/C20H25N5/c1-6-10-17-15(7-2)21-19(24(17)4)13-23(3)14-20-22-16-11-8-9-12-18(16)25(20)5/h6-12H,2,13-14H2,1,3-5H3/b10-6-. The molecule has 0 radical (unpaired) electrons. The Hall–Kier alpha value is -2.66. The quantitative estimate of drug-likeness (QED) is 0.691. The van der Waals surface area contributed by atoms with Crippen molar-refractivity contribution in [3.8, 4) is 0 Å². The summed E-state index contributed by atoms with van der Waals surface area (Å²) in [4.78, 5) is 11.7. The van der Waals surface area contributed by atoms with E-state index in [-0.39, 0.29) is 0 Å². The Bertz CT molecular complexity index is 929. The van der Waals surface area contributed by atoms with E-state index in [0.29, 0.717) is 0 Å². The van der Waals surface area contributed by atoms with Crippen LogP contribution in [0.2, 0.25) is 0 Å². The summed E-state index contributed by atoms with van der Waals surface area (Å²) in [6.45, 7) is 7.40. The Morgan fingerprint density at radius 2 is 1.76 bits per heavy atom. The van der Waals surface area contributed by atoms with Crippen LogP contribution in [0.1, 0.15) is 30.0 Å². The zero-order valence-corrected chi connectivity index (χ0v) is 15.4. The fourth-order valence-corrected chi connectivity index (χ4v) is 3.10. The highest BCUT2D eigenvalue weighted by Gasteiger charge is 2.14. The second-order valence-corrected chi connectivity index (χ2v) is 6.31. The summed E-state index contributed by atoms with van der Waals surface area (Å²) in [5.41, 5.74) is 4.21. The first-order chi connectivity index (χ1) is 12.0. The van der Waals surface area contributed by atoms with Gasteiger partial charge in [-0.2, -0.15) is 0 Å². The number of hydrogen-bond acceptors (Lipinski definition) is 3. The molecule has 0 aliphatic carbocycles. The molecule has 5 heteroatoms. The van der Waals surface area contributed by atoms with E-state index < -0.39 is 0 Å². The van der Waals surface area contributed by atoms with Crippen LogP contribution >= 0.6 is 0 Å². The van der Waals surface area contributed by atoms with Gasteiger partial charge in [0.1, 0.15) is 11.6 Å². The second-order valence-electron chi connectivity index (χ2n) is 6.31. The molecule has 130 valence electrons. The molecule has 0 saturated heterocycles. The minimum absolute atomic E-state index is 0.748. The van der Waals surface area contributed by atoms with Crippen molar-refractivity contribution in [2.75, 3.05) is 7.05 Å². The van der Waals surface area contributed by atoms with Crippen molar-refractivity contribution in [1.82, 2.24) is 24.0 Å². The number of fused-ring (bicyclic) bond motifs is 1. The molecule has 0 saturated carbocycles. The fourth-order valence-electron chi connectivity index (χ4n) is 3.10. The lowest BCUT2D eigenvalue weighted by Gasteiger charge is -2.16. The highest BCUT2D eigenvalue weighted by Crippen LogP contribution is 2.18. The Morgan fingerprint density at radius 3 is 2.40 bits per heavy atom. The van der Waals surface area contributed by atoms with Gasteiger partial charge >= 0.3 is 0 Å². The summed E-state index contributed by atoms with van der Waals surface area (Å²) in [6.07, 6.45) is 5.90. The molecule has 25 heavy (non-hydrogen) atoms. The van der Waals surface area contributed by atoms with E-state index in [0.717, 1.165) is 47.2 Å². The van der Waals surface area contributed by atoms with Gasteiger partial charge in [-0.15, -0.1) is 0 Å². The number of benzene rings is 1. The molecule has 0 atom stereocenters. The first kappa shape index (κ1) is 17.2. The number of para-hydroxylation sites is 2. The molecule has 3 rings (SSSR count). The smallest absolute Gasteiger partial charge is 0.123 e. The van der Waals surface area contributed by atoms with Crippen LogP contribution in [0.25, 0.3) is 23.2 Å². The summed E-state index contributed by atoms with van der Waals surface area (Å²) in [7, 11) is 6.21. The second kappa shape index (κ2) is 7.07. The van der Waals surface area contributed by atoms with Crippen LogP contribution < -0.4 is 0 Å². The topological polar surface area (TPSA) is 38.9 Å². The molecule has 0 N–H and O–H groups in total. The molecule has 1 aromatic carbocycles. The third-order valence-corrected chi connectivity index (χ3v) is 4.48. The summed E-state index contributed by atoms with van der Waals surface area (Å²) in [5, 5.41) is 0. The van der Waals surface area contributed by atoms with Gasteiger partial charge in [-0.1, -0.05) is 24.8 Å². The lowest BCUT2D eigenvalue weighted by atomic mass is 10.3. The third kappa shape index (κ3) is 3.28. The summed E-state index contributed by atoms with van der Waals surface area (Å²) < 4.78 is 4.28. The van der Waals surface area contributed by atoms with Gasteiger partial charge in [-0.25, -0.2) is 9.97 Å². The maximum atomic E-state index is 4.75. The van der Waals surface area contributed by atoms with E-state index in [1.54, 1.807) is 0 Å². The average molecular weight is 335 g/mol. The molecule has 0 spiro atoms. The minimum Gasteiger partial charge on any atom is -0.330 e. The highest BCUT2D eigenvalue weighted by atomic mass is 15.2. The summed E-state index contributed by atoms with van der Waals surface area (Å²) in [6, 6.07) is 8.23. The Kier molecular flexibility index (Phi) is 4.86. The number of aromatic nitrogens is 4. The minimum atomic E-state index is 0.748. The first-order valence-electron chi connectivity index (χ1n) is 8.44. The Morgan fingerprint density at radius 1 is 1.08 bits per heavy atom. The molecule has 2 heterocycles. The van der Waals surface area contributed by atoms with Gasteiger partial charge in [0.2, 0.25) is 0 Å². The van der Waals surface area contributed by atoms with Crippen molar-refractivity contribution in [2.45, 2.75) is 20.0 Å². The molecule has 5 nitrogen and oxygen atoms in total. The lowest BCUT2D eigenvalue weighted by Crippen LogP contribution is -2.21. The van der Waals surface area contributed by atoms with E-state index in [2.05, 4.69) is 52.9 Å². The number of allylic oxidation sites excluding steroid dienone is 1. The monoisotopic (exact) mass is 335 g/mol. The van der Waals surface area contributed by atoms with Crippen molar-refractivity contribution in [3.05, 3.63) is 60.0 Å². The highest BCUT2D eigenvalue weighted by molar-refractivity contribution is 5.75. The van der Waals surface area contributed by atoms with Gasteiger partial charge < -0.3 is 9.13 Å². The number of hydrogen-bond donors (Lipinski definition) is 0. The van der Waals surface area contributed by atoms with E-state index in [4.69, 9.17) is 9.97 Å². The third-order valence-electron chi connectivity index (χ3n) is 4.48. The molecule has 0 fully saturated rings. The van der Waals surface area contributed by atoms with Crippen LogP contribution in [0.4, 0.5) is 0 Å². The van der Waals surface area contributed by atoms with E-state index >= 15 is 0 Å². The van der Waals surface area contributed by atoms with E-state index in [1.807, 2.05) is 38.3 Å². The molecule has 0 aliphatic heterocycles. The Labute approximate surface area is 148 Å². The predicted molar refractivity (Wildman–Crippen MR) is 104 cm³/mol. The van der Waals surface area contributed by atoms with Crippen LogP contribution in [0, 0.1) is 0 Å². The van der Waals surface area contributed by atoms with Crippen molar-refractivity contribution >= 4 is 23.2 Å². The molecule has 2 aromatic heterocycles. The molecule has 0 unspecified atom stereocenters. The van der Waals surface area contributed by atoms with Gasteiger partial charge in [0.25, 0.3) is 0 Å². The van der Waals surface area contributed by atoms with Gasteiger partial charge in [0, 0.05) is 14.1 Å². The first-order valence-corrected chi connectivity index (χ1v) is 8.44. The maximum Gasteiger partial charge on any atom is 0.123 e. The number of aryl methyl sites for hydroxylation is 1. The lowest BCUT2D eigenvalue weighted by molar-refractivity contribution is 0.296. The summed E-state index contributed by atoms with van der Waals surface area (Å²) >= 11 is 0. The number of imidazole rings is 2. The van der Waals surface area contributed by atoms with Crippen LogP contribution in [-0.2, 0) is 27.2 Å².